The van der Waals surface area contributed by atoms with Gasteiger partial charge in [0.25, 0.3) is 0 Å². The Kier molecular flexibility index (Phi) is 4.18. The van der Waals surface area contributed by atoms with Gasteiger partial charge < -0.3 is 19.2 Å². The summed E-state index contributed by atoms with van der Waals surface area (Å²) in [6.07, 6.45) is 1.68. The first-order valence-electron chi connectivity index (χ1n) is 7.57. The van der Waals surface area contributed by atoms with Gasteiger partial charge in [-0.25, -0.2) is 0 Å². The lowest BCUT2D eigenvalue weighted by Gasteiger charge is -2.37. The number of rotatable bonds is 3. The fraction of sp³-hybridized carbons (Fsp3) is 0.471. The lowest BCUT2D eigenvalue weighted by molar-refractivity contribution is -0.145. The van der Waals surface area contributed by atoms with Gasteiger partial charge >= 0.3 is 0 Å². The molecule has 1 aromatic heterocycles. The summed E-state index contributed by atoms with van der Waals surface area (Å²) in [7, 11) is 0. The molecule has 0 bridgehead atoms. The van der Waals surface area contributed by atoms with Gasteiger partial charge in [-0.3, -0.25) is 4.79 Å². The molecule has 2 atom stereocenters. The van der Waals surface area contributed by atoms with E-state index in [0.717, 1.165) is 22.1 Å². The van der Waals surface area contributed by atoms with Crippen molar-refractivity contribution in [2.45, 2.75) is 32.4 Å². The monoisotopic (exact) mass is 303 g/mol. The minimum atomic E-state index is -0.288. The maximum Gasteiger partial charge on any atom is 0.227 e. The van der Waals surface area contributed by atoms with E-state index in [-0.39, 0.29) is 24.7 Å². The van der Waals surface area contributed by atoms with Crippen molar-refractivity contribution in [3.05, 3.63) is 35.6 Å². The molecule has 0 aliphatic carbocycles. The first-order chi connectivity index (χ1) is 10.6. The second-order valence-corrected chi connectivity index (χ2v) is 5.97. The van der Waals surface area contributed by atoms with Gasteiger partial charge in [-0.1, -0.05) is 12.1 Å². The second kappa shape index (κ2) is 6.10. The van der Waals surface area contributed by atoms with Gasteiger partial charge in [0.15, 0.2) is 0 Å². The van der Waals surface area contributed by atoms with Gasteiger partial charge in [-0.15, -0.1) is 0 Å². The first kappa shape index (κ1) is 15.1. The lowest BCUT2D eigenvalue weighted by atomic mass is 10.1. The Morgan fingerprint density at radius 3 is 3.05 bits per heavy atom. The van der Waals surface area contributed by atoms with Crippen LogP contribution >= 0.6 is 0 Å². The highest BCUT2D eigenvalue weighted by Gasteiger charge is 2.29. The molecule has 1 fully saturated rings. The molecule has 2 unspecified atom stereocenters. The summed E-state index contributed by atoms with van der Waals surface area (Å²) in [5, 5.41) is 10.2. The largest absolute Gasteiger partial charge is 0.464 e. The van der Waals surface area contributed by atoms with Gasteiger partial charge in [0.1, 0.15) is 5.58 Å². The number of carbonyl (C=O) groups is 1. The van der Waals surface area contributed by atoms with Gasteiger partial charge in [0.05, 0.1) is 38.0 Å². The van der Waals surface area contributed by atoms with Crippen LogP contribution in [0.4, 0.5) is 0 Å². The van der Waals surface area contributed by atoms with Crippen molar-refractivity contribution < 1.29 is 19.1 Å². The van der Waals surface area contributed by atoms with Crippen LogP contribution in [0.5, 0.6) is 0 Å². The third kappa shape index (κ3) is 2.87. The Balaban J connectivity index is 1.77. The number of hydrogen-bond donors (Lipinski definition) is 1. The van der Waals surface area contributed by atoms with Crippen molar-refractivity contribution >= 4 is 16.9 Å². The van der Waals surface area contributed by atoms with E-state index >= 15 is 0 Å². The summed E-state index contributed by atoms with van der Waals surface area (Å²) in [5.74, 6) is 0.0394. The van der Waals surface area contributed by atoms with Crippen LogP contribution in [-0.4, -0.2) is 47.8 Å². The molecule has 5 heteroatoms. The van der Waals surface area contributed by atoms with Crippen LogP contribution in [0, 0.1) is 6.92 Å². The number of ether oxygens (including phenoxy) is 1. The Morgan fingerprint density at radius 2 is 2.27 bits per heavy atom. The zero-order valence-electron chi connectivity index (χ0n) is 12.9. The summed E-state index contributed by atoms with van der Waals surface area (Å²) in [5.41, 5.74) is 2.85. The van der Waals surface area contributed by atoms with Gasteiger partial charge in [0, 0.05) is 17.5 Å². The maximum absolute atomic E-state index is 12.6. The number of aryl methyl sites for hydroxylation is 1. The fourth-order valence-electron chi connectivity index (χ4n) is 2.87. The molecule has 0 saturated carbocycles. The maximum atomic E-state index is 12.6. The van der Waals surface area contributed by atoms with Crippen LogP contribution < -0.4 is 0 Å². The zero-order valence-corrected chi connectivity index (χ0v) is 12.9. The molecule has 22 heavy (non-hydrogen) atoms. The van der Waals surface area contributed by atoms with Gasteiger partial charge in [0.2, 0.25) is 5.91 Å². The Hall–Kier alpha value is -1.85. The molecule has 2 heterocycles. The summed E-state index contributed by atoms with van der Waals surface area (Å²) >= 11 is 0. The zero-order chi connectivity index (χ0) is 15.7. The number of furan rings is 1. The number of carbonyl (C=O) groups excluding carboxylic acids is 1. The predicted octanol–water partition coefficient (Wildman–Crippen LogP) is 1.89. The van der Waals surface area contributed by atoms with E-state index in [1.54, 1.807) is 11.2 Å². The summed E-state index contributed by atoms with van der Waals surface area (Å²) in [4.78, 5) is 14.4. The standard InChI is InChI=1S/C17H21NO4/c1-11-3-4-15-13(10-22-16(15)5-11)6-17(20)18-7-14(8-19)21-9-12(18)2/h3-5,10,12,14,19H,6-9H2,1-2H3. The molecule has 1 saturated heterocycles. The Bertz CT molecular complexity index is 678. The normalized spacial score (nSPS) is 22.2. The molecule has 1 amide bonds. The Morgan fingerprint density at radius 1 is 1.45 bits per heavy atom. The molecule has 3 rings (SSSR count). The van der Waals surface area contributed by atoms with E-state index in [1.165, 1.54) is 0 Å². The van der Waals surface area contributed by atoms with E-state index in [4.69, 9.17) is 9.15 Å². The van der Waals surface area contributed by atoms with Crippen molar-refractivity contribution in [1.82, 2.24) is 4.90 Å². The number of aliphatic hydroxyl groups is 1. The molecular weight excluding hydrogens is 282 g/mol. The van der Waals surface area contributed by atoms with Crippen molar-refractivity contribution in [3.8, 4) is 0 Å². The number of morpholine rings is 1. The van der Waals surface area contributed by atoms with E-state index in [9.17, 15) is 9.90 Å². The minimum Gasteiger partial charge on any atom is -0.464 e. The van der Waals surface area contributed by atoms with Crippen LogP contribution in [0.3, 0.4) is 0 Å². The highest BCUT2D eigenvalue weighted by atomic mass is 16.5. The number of fused-ring (bicyclic) bond motifs is 1. The lowest BCUT2D eigenvalue weighted by Crippen LogP contribution is -2.52. The average Bonchev–Trinajstić information content (AvgIpc) is 2.89. The molecule has 5 nitrogen and oxygen atoms in total. The molecule has 0 spiro atoms. The highest BCUT2D eigenvalue weighted by Crippen LogP contribution is 2.24. The molecule has 1 aliphatic rings. The number of benzene rings is 1. The number of nitrogens with zero attached hydrogens (tertiary/aromatic N) is 1. The SMILES string of the molecule is Cc1ccc2c(CC(=O)N3CC(CO)OCC3C)coc2c1. The molecule has 0 radical (unpaired) electrons. The average molecular weight is 303 g/mol. The van der Waals surface area contributed by atoms with E-state index in [2.05, 4.69) is 0 Å². The predicted molar refractivity (Wildman–Crippen MR) is 82.7 cm³/mol. The van der Waals surface area contributed by atoms with E-state index < -0.39 is 0 Å². The molecule has 1 N–H and O–H groups in total. The highest BCUT2D eigenvalue weighted by molar-refractivity contribution is 5.88. The second-order valence-electron chi connectivity index (χ2n) is 5.97. The van der Waals surface area contributed by atoms with Gasteiger partial charge in [-0.2, -0.15) is 0 Å². The first-order valence-corrected chi connectivity index (χ1v) is 7.57. The third-order valence-corrected chi connectivity index (χ3v) is 4.18. The van der Waals surface area contributed by atoms with Crippen molar-refractivity contribution in [3.63, 3.8) is 0 Å². The van der Waals surface area contributed by atoms with Crippen molar-refractivity contribution in [2.75, 3.05) is 19.8 Å². The number of amides is 1. The number of aliphatic hydroxyl groups excluding tert-OH is 1. The molecule has 1 aliphatic heterocycles. The topological polar surface area (TPSA) is 62.9 Å². The number of hydrogen-bond acceptors (Lipinski definition) is 4. The van der Waals surface area contributed by atoms with E-state index in [0.29, 0.717) is 19.6 Å². The van der Waals surface area contributed by atoms with E-state index in [1.807, 2.05) is 32.0 Å². The Labute approximate surface area is 129 Å². The minimum absolute atomic E-state index is 0.0238. The summed E-state index contributed by atoms with van der Waals surface area (Å²) in [6.45, 7) is 4.80. The van der Waals surface area contributed by atoms with Crippen LogP contribution in [-0.2, 0) is 16.0 Å². The quantitative estimate of drug-likeness (QED) is 0.940. The van der Waals surface area contributed by atoms with Crippen LogP contribution in [0.1, 0.15) is 18.1 Å². The third-order valence-electron chi connectivity index (χ3n) is 4.18. The molecule has 118 valence electrons. The van der Waals surface area contributed by atoms with Crippen LogP contribution in [0.2, 0.25) is 0 Å². The van der Waals surface area contributed by atoms with Gasteiger partial charge in [-0.05, 0) is 25.5 Å². The van der Waals surface area contributed by atoms with Crippen LogP contribution in [0.15, 0.2) is 28.9 Å². The van der Waals surface area contributed by atoms with Crippen LogP contribution in [0.25, 0.3) is 11.0 Å². The van der Waals surface area contributed by atoms with Crippen molar-refractivity contribution in [1.29, 1.82) is 0 Å². The summed E-state index contributed by atoms with van der Waals surface area (Å²) in [6, 6.07) is 6.01. The summed E-state index contributed by atoms with van der Waals surface area (Å²) < 4.78 is 11.0. The van der Waals surface area contributed by atoms with Crippen molar-refractivity contribution in [2.24, 2.45) is 0 Å². The molecule has 2 aromatic rings. The molecular formula is C17H21NO4. The fourth-order valence-corrected chi connectivity index (χ4v) is 2.87. The smallest absolute Gasteiger partial charge is 0.227 e. The molecule has 1 aromatic carbocycles.